The van der Waals surface area contributed by atoms with Gasteiger partial charge >= 0.3 is 0 Å². The van der Waals surface area contributed by atoms with Crippen molar-refractivity contribution in [2.24, 2.45) is 5.92 Å². The summed E-state index contributed by atoms with van der Waals surface area (Å²) in [5, 5.41) is 4.86. The number of hydrogen-bond donors (Lipinski definition) is 0. The molecule has 35 heavy (non-hydrogen) atoms. The molecule has 7 heteroatoms. The van der Waals surface area contributed by atoms with E-state index in [0.717, 1.165) is 28.1 Å². The molecule has 0 bridgehead atoms. The molecular formula is C28H27N3O4. The molecule has 0 radical (unpaired) electrons. The number of carbonyl (C=O) groups is 1. The van der Waals surface area contributed by atoms with Crippen molar-refractivity contribution in [3.8, 4) is 22.6 Å². The van der Waals surface area contributed by atoms with Gasteiger partial charge in [-0.2, -0.15) is 5.10 Å². The van der Waals surface area contributed by atoms with E-state index in [0.29, 0.717) is 42.2 Å². The van der Waals surface area contributed by atoms with E-state index >= 15 is 0 Å². The zero-order chi connectivity index (χ0) is 24.4. The summed E-state index contributed by atoms with van der Waals surface area (Å²) in [6, 6.07) is 15.8. The van der Waals surface area contributed by atoms with Crippen molar-refractivity contribution in [2.75, 3.05) is 21.3 Å². The summed E-state index contributed by atoms with van der Waals surface area (Å²) in [5.41, 5.74) is 5.79. The monoisotopic (exact) mass is 469 g/mol. The minimum absolute atomic E-state index is 0.0832. The van der Waals surface area contributed by atoms with E-state index < -0.39 is 0 Å². The predicted molar refractivity (Wildman–Crippen MR) is 134 cm³/mol. The number of rotatable bonds is 7. The third kappa shape index (κ3) is 4.31. The summed E-state index contributed by atoms with van der Waals surface area (Å²) in [6.07, 6.45) is 7.04. The molecule has 0 unspecified atom stereocenters. The highest BCUT2D eigenvalue weighted by Gasteiger charge is 2.29. The van der Waals surface area contributed by atoms with Gasteiger partial charge in [-0.3, -0.25) is 4.79 Å². The van der Waals surface area contributed by atoms with Gasteiger partial charge in [0, 0.05) is 19.7 Å². The molecule has 178 valence electrons. The first-order valence-electron chi connectivity index (χ1n) is 11.5. The summed E-state index contributed by atoms with van der Waals surface area (Å²) < 4.78 is 18.2. The maximum Gasteiger partial charge on any atom is 0.166 e. The number of methoxy groups -OCH3 is 3. The number of benzene rings is 2. The van der Waals surface area contributed by atoms with Crippen LogP contribution >= 0.6 is 0 Å². The van der Waals surface area contributed by atoms with E-state index in [1.807, 2.05) is 40.9 Å². The molecule has 2 heterocycles. The van der Waals surface area contributed by atoms with Crippen molar-refractivity contribution < 1.29 is 19.0 Å². The molecule has 1 atom stereocenters. The Labute approximate surface area is 204 Å². The molecule has 2 aromatic carbocycles. The van der Waals surface area contributed by atoms with Crippen LogP contribution in [-0.2, 0) is 17.8 Å². The lowest BCUT2D eigenvalue weighted by molar-refractivity contribution is 0.0957. The summed E-state index contributed by atoms with van der Waals surface area (Å²) in [6.45, 7) is 0.313. The van der Waals surface area contributed by atoms with Crippen LogP contribution in [0.5, 0.6) is 11.5 Å². The maximum atomic E-state index is 13.0. The van der Waals surface area contributed by atoms with Gasteiger partial charge in [-0.05, 0) is 35.6 Å². The number of hydrogen-bond acceptors (Lipinski definition) is 6. The highest BCUT2D eigenvalue weighted by Crippen LogP contribution is 2.37. The van der Waals surface area contributed by atoms with Gasteiger partial charge in [0.2, 0.25) is 0 Å². The number of carbonyl (C=O) groups excluding carboxylic acids is 1. The minimum Gasteiger partial charge on any atom is -0.493 e. The fraction of sp³-hybridized carbons (Fsp3) is 0.250. The molecule has 2 aromatic heterocycles. The number of nitrogens with zero attached hydrogens (tertiary/aromatic N) is 3. The topological polar surface area (TPSA) is 75.0 Å². The molecule has 1 aliphatic carbocycles. The van der Waals surface area contributed by atoms with Crippen molar-refractivity contribution >= 4 is 17.5 Å². The molecule has 0 saturated heterocycles. The van der Waals surface area contributed by atoms with Gasteiger partial charge in [0.05, 0.1) is 43.3 Å². The number of Topliss-reactive ketones (excluding diaryl/α,β-unsaturated/α-hetero) is 1. The highest BCUT2D eigenvalue weighted by molar-refractivity contribution is 5.99. The van der Waals surface area contributed by atoms with Crippen LogP contribution in [0.3, 0.4) is 0 Å². The first-order valence-corrected chi connectivity index (χ1v) is 11.5. The number of ether oxygens (including phenoxy) is 3. The van der Waals surface area contributed by atoms with Crippen LogP contribution in [0.2, 0.25) is 0 Å². The van der Waals surface area contributed by atoms with Gasteiger partial charge in [-0.15, -0.1) is 0 Å². The molecule has 7 nitrogen and oxygen atoms in total. The molecule has 0 fully saturated rings. The normalized spacial score (nSPS) is 15.5. The van der Waals surface area contributed by atoms with E-state index in [1.165, 1.54) is 0 Å². The van der Waals surface area contributed by atoms with Crippen LogP contribution in [0.4, 0.5) is 0 Å². The lowest BCUT2D eigenvalue weighted by atomic mass is 9.86. The zero-order valence-electron chi connectivity index (χ0n) is 20.0. The second-order valence-corrected chi connectivity index (χ2v) is 8.54. The largest absolute Gasteiger partial charge is 0.493 e. The maximum absolute atomic E-state index is 13.0. The smallest absolute Gasteiger partial charge is 0.166 e. The second-order valence-electron chi connectivity index (χ2n) is 8.54. The average molecular weight is 470 g/mol. The molecule has 5 rings (SSSR count). The first-order chi connectivity index (χ1) is 17.1. The number of fused-ring (bicyclic) bond motifs is 3. The molecule has 4 aromatic rings. The quantitative estimate of drug-likeness (QED) is 0.378. The molecule has 0 aliphatic heterocycles. The third-order valence-corrected chi connectivity index (χ3v) is 6.33. The van der Waals surface area contributed by atoms with E-state index in [9.17, 15) is 4.79 Å². The van der Waals surface area contributed by atoms with Crippen LogP contribution in [0.25, 0.3) is 22.9 Å². The molecular weight excluding hydrogens is 442 g/mol. The third-order valence-electron chi connectivity index (χ3n) is 6.33. The summed E-state index contributed by atoms with van der Waals surface area (Å²) in [5.74, 6) is 1.43. The number of allylic oxidation sites excluding steroid dienone is 1. The van der Waals surface area contributed by atoms with Crippen molar-refractivity contribution in [1.82, 2.24) is 14.6 Å². The Hall–Kier alpha value is -3.97. The van der Waals surface area contributed by atoms with Gasteiger partial charge in [-0.25, -0.2) is 9.50 Å². The van der Waals surface area contributed by atoms with Gasteiger partial charge < -0.3 is 14.2 Å². The van der Waals surface area contributed by atoms with Gasteiger partial charge in [-0.1, -0.05) is 48.6 Å². The molecule has 0 amide bonds. The van der Waals surface area contributed by atoms with Crippen molar-refractivity contribution in [3.63, 3.8) is 0 Å². The Morgan fingerprint density at radius 2 is 1.83 bits per heavy atom. The Bertz CT molecular complexity index is 1410. The summed E-state index contributed by atoms with van der Waals surface area (Å²) in [7, 11) is 4.85. The van der Waals surface area contributed by atoms with Crippen molar-refractivity contribution in [1.29, 1.82) is 0 Å². The minimum atomic E-state index is 0.0832. The summed E-state index contributed by atoms with van der Waals surface area (Å²) in [4.78, 5) is 17.7. The van der Waals surface area contributed by atoms with E-state index in [-0.39, 0.29) is 11.7 Å². The van der Waals surface area contributed by atoms with Gasteiger partial charge in [0.15, 0.2) is 22.9 Å². The SMILES string of the molecule is COCc1nn2c3c(cnc2c1-c1ccc(OC)c(OC)c1)C(=O)C[C@H](/C=C/c1ccccc1)C3. The molecule has 0 N–H and O–H groups in total. The fourth-order valence-electron chi connectivity index (χ4n) is 4.65. The van der Waals surface area contributed by atoms with Crippen LogP contribution in [0.1, 0.15) is 33.7 Å². The Morgan fingerprint density at radius 3 is 2.57 bits per heavy atom. The van der Waals surface area contributed by atoms with Crippen LogP contribution in [-0.4, -0.2) is 41.7 Å². The Balaban J connectivity index is 1.60. The molecule has 0 spiro atoms. The lowest BCUT2D eigenvalue weighted by Crippen LogP contribution is -2.22. The van der Waals surface area contributed by atoms with Crippen LogP contribution in [0, 0.1) is 5.92 Å². The van der Waals surface area contributed by atoms with Crippen molar-refractivity contribution in [3.05, 3.63) is 83.3 Å². The lowest BCUT2D eigenvalue weighted by Gasteiger charge is -2.21. The second kappa shape index (κ2) is 9.72. The predicted octanol–water partition coefficient (Wildman–Crippen LogP) is 5.02. The zero-order valence-corrected chi connectivity index (χ0v) is 20.0. The van der Waals surface area contributed by atoms with Crippen molar-refractivity contribution in [2.45, 2.75) is 19.4 Å². The number of ketones is 1. The standard InChI is InChI=1S/C28H27N3O4/c1-33-17-22-27(20-11-12-25(34-2)26(15-20)35-3)28-29-16-21-23(31(28)30-22)13-19(14-24(21)32)10-9-18-7-5-4-6-8-18/h4-12,15-16,19H,13-14,17H2,1-3H3/b10-9+/t19-/m1/s1. The van der Waals surface area contributed by atoms with Gasteiger partial charge in [0.1, 0.15) is 0 Å². The Morgan fingerprint density at radius 1 is 1.03 bits per heavy atom. The van der Waals surface area contributed by atoms with Gasteiger partial charge in [0.25, 0.3) is 0 Å². The molecule has 1 aliphatic rings. The Kier molecular flexibility index (Phi) is 6.33. The highest BCUT2D eigenvalue weighted by atomic mass is 16.5. The van der Waals surface area contributed by atoms with Crippen LogP contribution in [0.15, 0.2) is 60.8 Å². The average Bonchev–Trinajstić information content (AvgIpc) is 3.26. The van der Waals surface area contributed by atoms with E-state index in [1.54, 1.807) is 27.5 Å². The van der Waals surface area contributed by atoms with Crippen LogP contribution < -0.4 is 9.47 Å². The van der Waals surface area contributed by atoms with E-state index in [2.05, 4.69) is 29.3 Å². The number of aromatic nitrogens is 3. The fourth-order valence-corrected chi connectivity index (χ4v) is 4.65. The first kappa shape index (κ1) is 22.8. The summed E-state index contributed by atoms with van der Waals surface area (Å²) >= 11 is 0. The van der Waals surface area contributed by atoms with E-state index in [4.69, 9.17) is 19.3 Å². The molecule has 0 saturated carbocycles.